The van der Waals surface area contributed by atoms with Gasteiger partial charge in [0, 0.05) is 50.1 Å². The molecule has 0 N–H and O–H groups in total. The van der Waals surface area contributed by atoms with Crippen LogP contribution in [0.2, 0.25) is 19.6 Å². The van der Waals surface area contributed by atoms with Gasteiger partial charge in [0.05, 0.1) is 5.58 Å². The minimum Gasteiger partial charge on any atom is -0.501 e. The van der Waals surface area contributed by atoms with E-state index in [0.29, 0.717) is 5.69 Å². The number of para-hydroxylation sites is 1. The number of nitrogens with zero attached hydrogens (tertiary/aromatic N) is 2. The monoisotopic (exact) mass is 680 g/mol. The van der Waals surface area contributed by atoms with Gasteiger partial charge in [0.2, 0.25) is 0 Å². The van der Waals surface area contributed by atoms with Crippen molar-refractivity contribution in [2.45, 2.75) is 26.5 Å². The molecule has 6 rings (SSSR count). The molecule has 0 aliphatic rings. The Labute approximate surface area is 237 Å². The van der Waals surface area contributed by atoms with Crippen molar-refractivity contribution >= 4 is 35.2 Å². The summed E-state index contributed by atoms with van der Waals surface area (Å²) < 4.78 is 28.8. The molecule has 187 valence electrons. The molecule has 1 radical (unpaired) electrons. The third kappa shape index (κ3) is 5.80. The van der Waals surface area contributed by atoms with Crippen LogP contribution < -0.4 is 5.19 Å². The number of hydrogen-bond acceptors (Lipinski definition) is 3. The summed E-state index contributed by atoms with van der Waals surface area (Å²) in [6.45, 7) is 4.76. The van der Waals surface area contributed by atoms with Crippen LogP contribution in [0.25, 0.3) is 44.5 Å². The normalized spacial score (nSPS) is 12.6. The van der Waals surface area contributed by atoms with Crippen molar-refractivity contribution in [1.29, 1.82) is 0 Å². The van der Waals surface area contributed by atoms with Gasteiger partial charge < -0.3 is 14.4 Å². The predicted octanol–water partition coefficient (Wildman–Crippen LogP) is 7.85. The Morgan fingerprint density at radius 3 is 2.32 bits per heavy atom. The second-order valence-corrected chi connectivity index (χ2v) is 14.6. The first-order chi connectivity index (χ1) is 18.6. The molecule has 0 saturated heterocycles. The van der Waals surface area contributed by atoms with Gasteiger partial charge >= 0.3 is 0 Å². The maximum absolute atomic E-state index is 7.52. The summed E-state index contributed by atoms with van der Waals surface area (Å²) in [5.74, 6) is 0. The molecule has 0 atom stereocenters. The van der Waals surface area contributed by atoms with E-state index in [4.69, 9.17) is 8.53 Å². The van der Waals surface area contributed by atoms with Gasteiger partial charge in [0.15, 0.2) is 0 Å². The molecule has 37 heavy (non-hydrogen) atoms. The number of aromatic nitrogens is 2. The Morgan fingerprint density at radius 2 is 1.65 bits per heavy atom. The smallest absolute Gasteiger partial charge is 0.120 e. The number of fused-ring (bicyclic) bond motifs is 3. The van der Waals surface area contributed by atoms with Crippen LogP contribution in [0.4, 0.5) is 0 Å². The third-order valence-electron chi connectivity index (χ3n) is 5.93. The molecule has 0 spiro atoms. The minimum absolute atomic E-state index is 0. The molecule has 3 nitrogen and oxygen atoms in total. The van der Waals surface area contributed by atoms with Gasteiger partial charge in [-0.15, -0.1) is 53.2 Å². The van der Waals surface area contributed by atoms with Crippen molar-refractivity contribution in [3.05, 3.63) is 115 Å². The van der Waals surface area contributed by atoms with E-state index < -0.39 is 14.9 Å². The standard InChI is InChI=1S/C21H20NOSi.C11H8N.Ir/c1-14-9-11-17(22-13-14)15-10-12-19(24(2,3)4)20-16-7-5-6-8-18(16)23-21(15)20;1-2-6-10(7-3-1)11-8-4-5-9-12-11;/h5-9,11-13H,1-4H3;1-6,8-9H;/q2*-1;/i1D3;;. The molecule has 0 fully saturated rings. The second-order valence-electron chi connectivity index (χ2n) is 9.55. The molecule has 3 heterocycles. The zero-order chi connectivity index (χ0) is 27.6. The first-order valence-electron chi connectivity index (χ1n) is 13.3. The largest absolute Gasteiger partial charge is 0.501 e. The first-order valence-corrected chi connectivity index (χ1v) is 15.3. The van der Waals surface area contributed by atoms with E-state index in [0.717, 1.165) is 38.8 Å². The SMILES string of the molecule is [2H]C([2H])([2H])c1ccc(-c2[c-]cc([Si](C)(C)C)c3c2oc2ccccc23)nc1.[Ir].[c-]1ccccc1-c1ccccn1. The van der Waals surface area contributed by atoms with E-state index in [9.17, 15) is 0 Å². The Balaban J connectivity index is 0.000000238. The molecule has 0 bridgehead atoms. The van der Waals surface area contributed by atoms with Crippen molar-refractivity contribution < 1.29 is 28.6 Å². The third-order valence-corrected chi connectivity index (χ3v) is 7.94. The summed E-state index contributed by atoms with van der Waals surface area (Å²) in [6, 6.07) is 33.6. The van der Waals surface area contributed by atoms with Crippen LogP contribution in [0, 0.1) is 19.0 Å². The zero-order valence-electron chi connectivity index (χ0n) is 23.9. The molecule has 0 unspecified atom stereocenters. The summed E-state index contributed by atoms with van der Waals surface area (Å²) in [6.07, 6.45) is 3.20. The summed E-state index contributed by atoms with van der Waals surface area (Å²) in [7, 11) is -1.62. The molecular weight excluding hydrogens is 649 g/mol. The number of pyridine rings is 2. The van der Waals surface area contributed by atoms with E-state index in [2.05, 4.69) is 53.9 Å². The van der Waals surface area contributed by atoms with E-state index >= 15 is 0 Å². The number of furan rings is 1. The van der Waals surface area contributed by atoms with Crippen LogP contribution in [0.15, 0.2) is 102 Å². The van der Waals surface area contributed by atoms with Crippen LogP contribution in [-0.2, 0) is 20.1 Å². The van der Waals surface area contributed by atoms with E-state index in [1.165, 1.54) is 11.4 Å². The Hall–Kier alpha value is -3.37. The van der Waals surface area contributed by atoms with Crippen molar-refractivity contribution in [3.8, 4) is 22.5 Å². The van der Waals surface area contributed by atoms with Crippen molar-refractivity contribution in [2.24, 2.45) is 0 Å². The van der Waals surface area contributed by atoms with Gasteiger partial charge in [-0.1, -0.05) is 73.1 Å². The maximum atomic E-state index is 7.52. The molecule has 0 aliphatic carbocycles. The van der Waals surface area contributed by atoms with Gasteiger partial charge in [0.1, 0.15) is 5.58 Å². The zero-order valence-corrected chi connectivity index (χ0v) is 24.3. The average molecular weight is 680 g/mol. The maximum Gasteiger partial charge on any atom is 0.120 e. The van der Waals surface area contributed by atoms with Crippen LogP contribution in [-0.4, -0.2) is 18.0 Å². The summed E-state index contributed by atoms with van der Waals surface area (Å²) >= 11 is 0. The van der Waals surface area contributed by atoms with Crippen LogP contribution >= 0.6 is 0 Å². The molecule has 0 amide bonds. The fourth-order valence-electron chi connectivity index (χ4n) is 4.17. The van der Waals surface area contributed by atoms with E-state index in [-0.39, 0.29) is 25.7 Å². The van der Waals surface area contributed by atoms with Crippen LogP contribution in [0.3, 0.4) is 0 Å². The molecule has 0 saturated carbocycles. The summed E-state index contributed by atoms with van der Waals surface area (Å²) in [5, 5.41) is 3.52. The Kier molecular flexibility index (Phi) is 6.99. The first kappa shape index (κ1) is 22.8. The van der Waals surface area contributed by atoms with Gasteiger partial charge in [-0.3, -0.25) is 0 Å². The molecule has 6 aromatic rings. The number of aryl methyl sites for hydroxylation is 1. The molecule has 3 aromatic carbocycles. The van der Waals surface area contributed by atoms with Crippen molar-refractivity contribution in [1.82, 2.24) is 9.97 Å². The fourth-order valence-corrected chi connectivity index (χ4v) is 5.67. The van der Waals surface area contributed by atoms with E-state index in [1.54, 1.807) is 18.3 Å². The number of hydrogen-bond donors (Lipinski definition) is 0. The van der Waals surface area contributed by atoms with E-state index in [1.807, 2.05) is 60.7 Å². The molecule has 3 aromatic heterocycles. The molecule has 5 heteroatoms. The average Bonchev–Trinajstić information content (AvgIpc) is 3.33. The second kappa shape index (κ2) is 11.3. The number of benzene rings is 3. The summed E-state index contributed by atoms with van der Waals surface area (Å²) in [4.78, 5) is 8.61. The van der Waals surface area contributed by atoms with Gasteiger partial charge in [0.25, 0.3) is 0 Å². The Morgan fingerprint density at radius 1 is 0.838 bits per heavy atom. The topological polar surface area (TPSA) is 38.9 Å². The fraction of sp³-hybridized carbons (Fsp3) is 0.125. The predicted molar refractivity (Wildman–Crippen MR) is 152 cm³/mol. The molecular formula is C32H28IrN2OSi-2. The Bertz CT molecular complexity index is 1680. The van der Waals surface area contributed by atoms with Gasteiger partial charge in [-0.05, 0) is 35.9 Å². The molecule has 0 aliphatic heterocycles. The van der Waals surface area contributed by atoms with Gasteiger partial charge in [-0.2, -0.15) is 0 Å². The van der Waals surface area contributed by atoms with Gasteiger partial charge in [-0.25, -0.2) is 0 Å². The van der Waals surface area contributed by atoms with Crippen molar-refractivity contribution in [3.63, 3.8) is 0 Å². The van der Waals surface area contributed by atoms with Crippen molar-refractivity contribution in [2.75, 3.05) is 0 Å². The quantitative estimate of drug-likeness (QED) is 0.141. The number of rotatable bonds is 3. The van der Waals surface area contributed by atoms with Crippen LogP contribution in [0.5, 0.6) is 0 Å². The van der Waals surface area contributed by atoms with Crippen LogP contribution in [0.1, 0.15) is 9.68 Å². The summed E-state index contributed by atoms with van der Waals surface area (Å²) in [5.41, 5.74) is 5.27. The minimum atomic E-state index is -2.16.